The summed E-state index contributed by atoms with van der Waals surface area (Å²) < 4.78 is 38.4. The Bertz CT molecular complexity index is 665. The molecule has 0 aliphatic heterocycles. The zero-order valence-electron chi connectivity index (χ0n) is 8.73. The molecule has 18 heavy (non-hydrogen) atoms. The number of aromatic nitrogens is 1. The highest BCUT2D eigenvalue weighted by molar-refractivity contribution is 7.13. The Morgan fingerprint density at radius 3 is 2.56 bits per heavy atom. The van der Waals surface area contributed by atoms with Gasteiger partial charge in [0.05, 0.1) is 16.1 Å². The molecule has 7 heteroatoms. The SMILES string of the molecule is N#Cn1c(-c2cccs2)cc(C(F)(F)F)cc1=O. The van der Waals surface area contributed by atoms with Gasteiger partial charge >= 0.3 is 6.18 Å². The maximum Gasteiger partial charge on any atom is 0.416 e. The van der Waals surface area contributed by atoms with Crippen LogP contribution in [-0.4, -0.2) is 4.57 Å². The summed E-state index contributed by atoms with van der Waals surface area (Å²) in [6.07, 6.45) is -3.04. The first-order valence-electron chi connectivity index (χ1n) is 4.72. The van der Waals surface area contributed by atoms with Gasteiger partial charge in [0, 0.05) is 6.07 Å². The maximum atomic E-state index is 12.6. The van der Waals surface area contributed by atoms with Gasteiger partial charge in [0.1, 0.15) is 0 Å². The predicted molar refractivity (Wildman–Crippen MR) is 60.0 cm³/mol. The van der Waals surface area contributed by atoms with Crippen LogP contribution in [0.25, 0.3) is 10.6 Å². The minimum Gasteiger partial charge on any atom is -0.268 e. The molecule has 0 radical (unpaired) electrons. The number of pyridine rings is 1. The highest BCUT2D eigenvalue weighted by Crippen LogP contribution is 2.32. The largest absolute Gasteiger partial charge is 0.416 e. The molecule has 3 nitrogen and oxygen atoms in total. The second-order valence-electron chi connectivity index (χ2n) is 3.38. The molecule has 0 saturated heterocycles. The third-order valence-corrected chi connectivity index (χ3v) is 3.13. The summed E-state index contributed by atoms with van der Waals surface area (Å²) in [5.41, 5.74) is -2.09. The lowest BCUT2D eigenvalue weighted by atomic mass is 10.2. The van der Waals surface area contributed by atoms with Crippen molar-refractivity contribution in [3.05, 3.63) is 45.6 Å². The second-order valence-corrected chi connectivity index (χ2v) is 4.33. The van der Waals surface area contributed by atoms with Crippen LogP contribution < -0.4 is 5.56 Å². The van der Waals surface area contributed by atoms with Gasteiger partial charge in [-0.25, -0.2) is 4.57 Å². The molecule has 0 aliphatic rings. The van der Waals surface area contributed by atoms with Crippen LogP contribution in [0.2, 0.25) is 0 Å². The van der Waals surface area contributed by atoms with E-state index in [9.17, 15) is 18.0 Å². The Morgan fingerprint density at radius 1 is 1.33 bits per heavy atom. The van der Waals surface area contributed by atoms with E-state index in [1.807, 2.05) is 0 Å². The van der Waals surface area contributed by atoms with E-state index in [1.54, 1.807) is 23.7 Å². The third-order valence-electron chi connectivity index (χ3n) is 2.23. The van der Waals surface area contributed by atoms with E-state index >= 15 is 0 Å². The first-order chi connectivity index (χ1) is 8.43. The Labute approximate surface area is 103 Å². The molecule has 2 rings (SSSR count). The number of nitrogens with zero attached hydrogens (tertiary/aromatic N) is 2. The van der Waals surface area contributed by atoms with Crippen molar-refractivity contribution in [2.45, 2.75) is 6.18 Å². The Hall–Kier alpha value is -2.07. The van der Waals surface area contributed by atoms with Gasteiger partial charge in [-0.3, -0.25) is 4.79 Å². The molecule has 0 unspecified atom stereocenters. The summed E-state index contributed by atoms with van der Waals surface area (Å²) in [5, 5.41) is 10.5. The first kappa shape index (κ1) is 12.4. The van der Waals surface area contributed by atoms with E-state index in [-0.39, 0.29) is 5.69 Å². The Morgan fingerprint density at radius 2 is 2.06 bits per heavy atom. The lowest BCUT2D eigenvalue weighted by Crippen LogP contribution is -2.21. The van der Waals surface area contributed by atoms with Crippen LogP contribution in [0.3, 0.4) is 0 Å². The van der Waals surface area contributed by atoms with Crippen molar-refractivity contribution in [3.63, 3.8) is 0 Å². The lowest BCUT2D eigenvalue weighted by Gasteiger charge is -2.09. The monoisotopic (exact) mass is 270 g/mol. The number of hydrogen-bond donors (Lipinski definition) is 0. The van der Waals surface area contributed by atoms with Crippen LogP contribution in [0.15, 0.2) is 34.4 Å². The van der Waals surface area contributed by atoms with Gasteiger partial charge in [0.15, 0.2) is 6.19 Å². The highest BCUT2D eigenvalue weighted by atomic mass is 32.1. The molecule has 2 heterocycles. The van der Waals surface area contributed by atoms with E-state index in [4.69, 9.17) is 5.26 Å². The van der Waals surface area contributed by atoms with Crippen molar-refractivity contribution in [1.29, 1.82) is 5.26 Å². The number of nitriles is 1. The van der Waals surface area contributed by atoms with E-state index in [2.05, 4.69) is 0 Å². The molecule has 2 aromatic heterocycles. The number of rotatable bonds is 1. The third kappa shape index (κ3) is 2.15. The average molecular weight is 270 g/mol. The number of alkyl halides is 3. The lowest BCUT2D eigenvalue weighted by molar-refractivity contribution is -0.137. The molecule has 0 amide bonds. The number of halogens is 3. The molecule has 0 aromatic carbocycles. The zero-order valence-corrected chi connectivity index (χ0v) is 9.55. The standard InChI is InChI=1S/C11H5F3N2OS/c12-11(13,14)7-4-8(9-2-1-3-18-9)16(6-15)10(17)5-7/h1-5H. The van der Waals surface area contributed by atoms with Crippen molar-refractivity contribution in [2.75, 3.05) is 0 Å². The summed E-state index contributed by atoms with van der Waals surface area (Å²) in [6, 6.07) is 4.40. The van der Waals surface area contributed by atoms with Crippen molar-refractivity contribution in [1.82, 2.24) is 4.57 Å². The molecular formula is C11H5F3N2OS. The molecule has 0 saturated carbocycles. The van der Waals surface area contributed by atoms with Gasteiger partial charge in [0.25, 0.3) is 5.56 Å². The van der Waals surface area contributed by atoms with Gasteiger partial charge in [-0.2, -0.15) is 18.4 Å². The van der Waals surface area contributed by atoms with Crippen LogP contribution in [0.5, 0.6) is 0 Å². The summed E-state index contributed by atoms with van der Waals surface area (Å²) >= 11 is 1.16. The minimum atomic E-state index is -4.61. The predicted octanol–water partition coefficient (Wildman–Crippen LogP) is 2.92. The van der Waals surface area contributed by atoms with Crippen LogP contribution in [-0.2, 0) is 6.18 Å². The van der Waals surface area contributed by atoms with E-state index in [0.29, 0.717) is 15.5 Å². The topological polar surface area (TPSA) is 45.8 Å². The fourth-order valence-electron chi connectivity index (χ4n) is 1.44. The van der Waals surface area contributed by atoms with Crippen molar-refractivity contribution in [2.24, 2.45) is 0 Å². The van der Waals surface area contributed by atoms with Crippen LogP contribution in [0.4, 0.5) is 13.2 Å². The van der Waals surface area contributed by atoms with Crippen molar-refractivity contribution < 1.29 is 13.2 Å². The van der Waals surface area contributed by atoms with Gasteiger partial charge in [-0.1, -0.05) is 6.07 Å². The van der Waals surface area contributed by atoms with E-state index < -0.39 is 17.3 Å². The van der Waals surface area contributed by atoms with E-state index in [1.165, 1.54) is 0 Å². The first-order valence-corrected chi connectivity index (χ1v) is 5.60. The zero-order chi connectivity index (χ0) is 13.3. The normalized spacial score (nSPS) is 11.2. The van der Waals surface area contributed by atoms with Crippen molar-refractivity contribution >= 4 is 11.3 Å². The molecule has 92 valence electrons. The van der Waals surface area contributed by atoms with E-state index in [0.717, 1.165) is 17.4 Å². The molecule has 2 aromatic rings. The molecule has 0 N–H and O–H groups in total. The van der Waals surface area contributed by atoms with Gasteiger partial charge in [-0.15, -0.1) is 11.3 Å². The fourth-order valence-corrected chi connectivity index (χ4v) is 2.17. The Balaban J connectivity index is 2.75. The summed E-state index contributed by atoms with van der Waals surface area (Å²) in [5.74, 6) is 0. The second kappa shape index (κ2) is 4.31. The molecule has 0 spiro atoms. The number of thiophene rings is 1. The Kier molecular flexibility index (Phi) is 2.97. The minimum absolute atomic E-state index is 0.0488. The fraction of sp³-hybridized carbons (Fsp3) is 0.0909. The number of hydrogen-bond acceptors (Lipinski definition) is 3. The summed E-state index contributed by atoms with van der Waals surface area (Å²) in [4.78, 5) is 11.9. The maximum absolute atomic E-state index is 12.6. The van der Waals surface area contributed by atoms with Crippen molar-refractivity contribution in [3.8, 4) is 16.8 Å². The quantitative estimate of drug-likeness (QED) is 0.799. The molecule has 0 aliphatic carbocycles. The molecular weight excluding hydrogens is 265 g/mol. The van der Waals surface area contributed by atoms with Crippen LogP contribution in [0, 0.1) is 11.5 Å². The average Bonchev–Trinajstić information content (AvgIpc) is 2.79. The molecule has 0 atom stereocenters. The van der Waals surface area contributed by atoms with Gasteiger partial charge < -0.3 is 0 Å². The smallest absolute Gasteiger partial charge is 0.268 e. The highest BCUT2D eigenvalue weighted by Gasteiger charge is 2.32. The summed E-state index contributed by atoms with van der Waals surface area (Å²) in [6.45, 7) is 0. The molecule has 0 bridgehead atoms. The van der Waals surface area contributed by atoms with Crippen LogP contribution >= 0.6 is 11.3 Å². The van der Waals surface area contributed by atoms with Gasteiger partial charge in [-0.05, 0) is 17.5 Å². The van der Waals surface area contributed by atoms with Gasteiger partial charge in [0.2, 0.25) is 0 Å². The molecule has 0 fully saturated rings. The van der Waals surface area contributed by atoms with Crippen LogP contribution in [0.1, 0.15) is 5.56 Å². The summed E-state index contributed by atoms with van der Waals surface area (Å²) in [7, 11) is 0.